The normalized spacial score (nSPS) is 15.2. The van der Waals surface area contributed by atoms with E-state index in [4.69, 9.17) is 4.74 Å². The fraction of sp³-hybridized carbons (Fsp3) is 0.562. The molecule has 0 aromatic heterocycles. The number of carbonyl (C=O) groups excluding carboxylic acids is 1. The van der Waals surface area contributed by atoms with Gasteiger partial charge >= 0.3 is 0 Å². The van der Waals surface area contributed by atoms with Crippen molar-refractivity contribution in [2.75, 3.05) is 7.11 Å². The van der Waals surface area contributed by atoms with Gasteiger partial charge in [-0.3, -0.25) is 4.79 Å². The Morgan fingerprint density at radius 1 is 1.26 bits per heavy atom. The zero-order chi connectivity index (χ0) is 14.0. The van der Waals surface area contributed by atoms with Crippen LogP contribution < -0.4 is 4.74 Å². The molecule has 0 spiro atoms. The van der Waals surface area contributed by atoms with Crippen molar-refractivity contribution in [1.29, 1.82) is 0 Å². The van der Waals surface area contributed by atoms with E-state index in [-0.39, 0.29) is 11.3 Å². The maximum absolute atomic E-state index is 12.5. The van der Waals surface area contributed by atoms with E-state index in [2.05, 4.69) is 0 Å². The fourth-order valence-corrected chi connectivity index (χ4v) is 2.11. The van der Waals surface area contributed by atoms with Crippen LogP contribution >= 0.6 is 0 Å². The van der Waals surface area contributed by atoms with Crippen LogP contribution in [0.2, 0.25) is 0 Å². The van der Waals surface area contributed by atoms with Crippen LogP contribution in [0.3, 0.4) is 0 Å². The quantitative estimate of drug-likeness (QED) is 0.832. The maximum atomic E-state index is 12.5. The first-order chi connectivity index (χ1) is 8.91. The van der Waals surface area contributed by atoms with Gasteiger partial charge in [-0.1, -0.05) is 32.9 Å². The first-order valence-corrected chi connectivity index (χ1v) is 6.86. The van der Waals surface area contributed by atoms with Gasteiger partial charge in [-0.05, 0) is 30.5 Å². The molecular weight excluding hydrogens is 238 g/mol. The third kappa shape index (κ3) is 3.49. The van der Waals surface area contributed by atoms with E-state index in [1.54, 1.807) is 7.11 Å². The first kappa shape index (κ1) is 13.9. The minimum atomic E-state index is -0.310. The molecule has 2 rings (SSSR count). The SMILES string of the molecule is COc1ccc(CN(C(=O)C(C)(C)C)C2CC2)cc1. The molecule has 0 heterocycles. The van der Waals surface area contributed by atoms with Gasteiger partial charge in [0, 0.05) is 18.0 Å². The van der Waals surface area contributed by atoms with Crippen LogP contribution in [0.5, 0.6) is 5.75 Å². The topological polar surface area (TPSA) is 29.5 Å². The van der Waals surface area contributed by atoms with Gasteiger partial charge in [0.2, 0.25) is 5.91 Å². The van der Waals surface area contributed by atoms with Crippen LogP contribution in [0.25, 0.3) is 0 Å². The van der Waals surface area contributed by atoms with Crippen molar-refractivity contribution in [3.63, 3.8) is 0 Å². The Morgan fingerprint density at radius 2 is 1.84 bits per heavy atom. The fourth-order valence-electron chi connectivity index (χ4n) is 2.11. The van der Waals surface area contributed by atoms with E-state index < -0.39 is 0 Å². The van der Waals surface area contributed by atoms with Crippen molar-refractivity contribution in [2.24, 2.45) is 5.41 Å². The minimum absolute atomic E-state index is 0.241. The van der Waals surface area contributed by atoms with E-state index >= 15 is 0 Å². The third-order valence-electron chi connectivity index (χ3n) is 3.40. The molecule has 1 aromatic carbocycles. The van der Waals surface area contributed by atoms with Crippen molar-refractivity contribution >= 4 is 5.91 Å². The highest BCUT2D eigenvalue weighted by atomic mass is 16.5. The van der Waals surface area contributed by atoms with Crippen molar-refractivity contribution in [1.82, 2.24) is 4.90 Å². The number of hydrogen-bond acceptors (Lipinski definition) is 2. The highest BCUT2D eigenvalue weighted by Crippen LogP contribution is 2.32. The summed E-state index contributed by atoms with van der Waals surface area (Å²) in [5.41, 5.74) is 0.847. The van der Waals surface area contributed by atoms with Gasteiger partial charge < -0.3 is 9.64 Å². The largest absolute Gasteiger partial charge is 0.497 e. The second kappa shape index (κ2) is 5.24. The number of ether oxygens (including phenoxy) is 1. The zero-order valence-corrected chi connectivity index (χ0v) is 12.3. The van der Waals surface area contributed by atoms with E-state index in [9.17, 15) is 4.79 Å². The molecule has 0 aliphatic heterocycles. The van der Waals surface area contributed by atoms with Crippen molar-refractivity contribution in [3.05, 3.63) is 29.8 Å². The molecule has 3 heteroatoms. The Morgan fingerprint density at radius 3 is 2.26 bits per heavy atom. The van der Waals surface area contributed by atoms with Crippen LogP contribution in [-0.4, -0.2) is 24.0 Å². The van der Waals surface area contributed by atoms with Gasteiger partial charge in [0.15, 0.2) is 0 Å². The molecular formula is C16H23NO2. The lowest BCUT2D eigenvalue weighted by atomic mass is 9.94. The Balaban J connectivity index is 2.10. The number of benzene rings is 1. The van der Waals surface area contributed by atoms with Crippen molar-refractivity contribution in [3.8, 4) is 5.75 Å². The van der Waals surface area contributed by atoms with Gasteiger partial charge in [0.25, 0.3) is 0 Å². The second-order valence-electron chi connectivity index (χ2n) is 6.26. The first-order valence-electron chi connectivity index (χ1n) is 6.86. The molecule has 1 aliphatic rings. The Kier molecular flexibility index (Phi) is 3.83. The summed E-state index contributed by atoms with van der Waals surface area (Å²) in [5, 5.41) is 0. The summed E-state index contributed by atoms with van der Waals surface area (Å²) in [5.74, 6) is 1.09. The zero-order valence-electron chi connectivity index (χ0n) is 12.3. The lowest BCUT2D eigenvalue weighted by Gasteiger charge is -2.29. The number of amides is 1. The van der Waals surface area contributed by atoms with Crippen LogP contribution in [-0.2, 0) is 11.3 Å². The molecule has 0 atom stereocenters. The van der Waals surface area contributed by atoms with Crippen molar-refractivity contribution in [2.45, 2.75) is 46.2 Å². The average Bonchev–Trinajstić information content (AvgIpc) is 3.19. The van der Waals surface area contributed by atoms with E-state index in [1.807, 2.05) is 49.9 Å². The summed E-state index contributed by atoms with van der Waals surface area (Å²) in [7, 11) is 1.66. The average molecular weight is 261 g/mol. The molecule has 1 aliphatic carbocycles. The van der Waals surface area contributed by atoms with Crippen molar-refractivity contribution < 1.29 is 9.53 Å². The smallest absolute Gasteiger partial charge is 0.228 e. The molecule has 3 nitrogen and oxygen atoms in total. The third-order valence-corrected chi connectivity index (χ3v) is 3.40. The predicted octanol–water partition coefficient (Wildman–Crippen LogP) is 3.23. The maximum Gasteiger partial charge on any atom is 0.228 e. The summed E-state index contributed by atoms with van der Waals surface area (Å²) in [6, 6.07) is 8.40. The molecule has 0 saturated heterocycles. The summed E-state index contributed by atoms with van der Waals surface area (Å²) in [6.45, 7) is 6.65. The summed E-state index contributed by atoms with van der Waals surface area (Å²) >= 11 is 0. The molecule has 19 heavy (non-hydrogen) atoms. The van der Waals surface area contributed by atoms with Crippen LogP contribution in [0.4, 0.5) is 0 Å². The standard InChI is InChI=1S/C16H23NO2/c1-16(2,3)15(18)17(13-7-8-13)11-12-5-9-14(19-4)10-6-12/h5-6,9-10,13H,7-8,11H2,1-4H3. The van der Waals surface area contributed by atoms with Crippen LogP contribution in [0.1, 0.15) is 39.2 Å². The molecule has 1 amide bonds. The molecule has 1 saturated carbocycles. The lowest BCUT2D eigenvalue weighted by molar-refractivity contribution is -0.140. The van der Waals surface area contributed by atoms with Gasteiger partial charge in [-0.15, -0.1) is 0 Å². The molecule has 1 fully saturated rings. The summed E-state index contributed by atoms with van der Waals surface area (Å²) in [6.07, 6.45) is 2.27. The predicted molar refractivity (Wildman–Crippen MR) is 76.0 cm³/mol. The van der Waals surface area contributed by atoms with Crippen LogP contribution in [0.15, 0.2) is 24.3 Å². The number of rotatable bonds is 4. The van der Waals surface area contributed by atoms with Crippen LogP contribution in [0, 0.1) is 5.41 Å². The Labute approximate surface area is 115 Å². The number of nitrogens with zero attached hydrogens (tertiary/aromatic N) is 1. The Hall–Kier alpha value is -1.51. The molecule has 1 aromatic rings. The molecule has 0 radical (unpaired) electrons. The lowest BCUT2D eigenvalue weighted by Crippen LogP contribution is -2.40. The molecule has 0 unspecified atom stereocenters. The second-order valence-corrected chi connectivity index (χ2v) is 6.26. The van der Waals surface area contributed by atoms with Gasteiger partial charge in [0.05, 0.1) is 7.11 Å². The summed E-state index contributed by atoms with van der Waals surface area (Å²) in [4.78, 5) is 14.5. The molecule has 0 N–H and O–H groups in total. The van der Waals surface area contributed by atoms with Gasteiger partial charge in [-0.25, -0.2) is 0 Å². The molecule has 104 valence electrons. The molecule has 0 bridgehead atoms. The van der Waals surface area contributed by atoms with E-state index in [1.165, 1.54) is 0 Å². The van der Waals surface area contributed by atoms with E-state index in [0.29, 0.717) is 12.6 Å². The van der Waals surface area contributed by atoms with E-state index in [0.717, 1.165) is 24.2 Å². The van der Waals surface area contributed by atoms with Gasteiger partial charge in [0.1, 0.15) is 5.75 Å². The summed E-state index contributed by atoms with van der Waals surface area (Å²) < 4.78 is 5.16. The number of carbonyl (C=O) groups is 1. The highest BCUT2D eigenvalue weighted by molar-refractivity contribution is 5.82. The highest BCUT2D eigenvalue weighted by Gasteiger charge is 2.37. The Bertz CT molecular complexity index is 441. The monoisotopic (exact) mass is 261 g/mol. The van der Waals surface area contributed by atoms with Gasteiger partial charge in [-0.2, -0.15) is 0 Å². The number of methoxy groups -OCH3 is 1. The minimum Gasteiger partial charge on any atom is -0.497 e. The number of hydrogen-bond donors (Lipinski definition) is 0.